The van der Waals surface area contributed by atoms with Gasteiger partial charge in [0.25, 0.3) is 0 Å². The van der Waals surface area contributed by atoms with Crippen molar-refractivity contribution >= 4 is 38.7 Å². The highest BCUT2D eigenvalue weighted by Gasteiger charge is 2.30. The Morgan fingerprint density at radius 3 is 1.39 bits per heavy atom. The van der Waals surface area contributed by atoms with Crippen molar-refractivity contribution < 1.29 is 66.8 Å². The summed E-state index contributed by atoms with van der Waals surface area (Å²) in [4.78, 5) is 85.0. The molecule has 57 heavy (non-hydrogen) atoms. The minimum Gasteiger partial charge on any atom is -0.377 e. The van der Waals surface area contributed by atoms with E-state index in [0.717, 1.165) is 44.9 Å². The monoisotopic (exact) mass is 859 g/mol. The number of rotatable bonds is 41. The lowest BCUT2D eigenvalue weighted by Crippen LogP contribution is -2.36. The smallest absolute Gasteiger partial charge is 0.347 e. The molecule has 0 saturated heterocycles. The van der Waals surface area contributed by atoms with Crippen LogP contribution < -0.4 is 16.0 Å². The summed E-state index contributed by atoms with van der Waals surface area (Å²) in [5.41, 5.74) is 0. The van der Waals surface area contributed by atoms with Crippen LogP contribution in [0, 0.1) is 5.92 Å². The Morgan fingerprint density at radius 1 is 0.509 bits per heavy atom. The fourth-order valence-electron chi connectivity index (χ4n) is 5.54. The lowest BCUT2D eigenvalue weighted by molar-refractivity contribution is -0.128. The number of ether oxygens (including phenoxy) is 4. The molecule has 0 aliphatic rings. The third-order valence-corrected chi connectivity index (χ3v) is 11.1. The molecule has 19 heteroatoms. The summed E-state index contributed by atoms with van der Waals surface area (Å²) in [5, 5.41) is 7.67. The first-order valence-electron chi connectivity index (χ1n) is 20.9. The van der Waals surface area contributed by atoms with Crippen LogP contribution in [0.15, 0.2) is 0 Å². The van der Waals surface area contributed by atoms with Crippen molar-refractivity contribution in [3.05, 3.63) is 0 Å². The highest BCUT2D eigenvalue weighted by Crippen LogP contribution is 2.42. The van der Waals surface area contributed by atoms with Gasteiger partial charge < -0.3 is 54.5 Å². The van der Waals surface area contributed by atoms with Gasteiger partial charge in [0.05, 0.1) is 39.6 Å². The maximum Gasteiger partial charge on any atom is 0.347 e. The van der Waals surface area contributed by atoms with Gasteiger partial charge >= 0.3 is 15.2 Å². The van der Waals surface area contributed by atoms with Gasteiger partial charge in [-0.1, -0.05) is 104 Å². The number of carbonyl (C=O) groups excluding carboxylic acids is 4. The van der Waals surface area contributed by atoms with E-state index in [2.05, 4.69) is 16.0 Å². The predicted molar refractivity (Wildman–Crippen MR) is 218 cm³/mol. The molecule has 0 heterocycles. The molecule has 0 saturated carbocycles. The Labute approximate surface area is 340 Å². The molecule has 0 aliphatic carbocycles. The second-order valence-electron chi connectivity index (χ2n) is 14.7. The molecule has 336 valence electrons. The predicted octanol–water partition coefficient (Wildman–Crippen LogP) is 4.72. The van der Waals surface area contributed by atoms with Crippen molar-refractivity contribution in [2.45, 2.75) is 142 Å². The molecule has 0 aliphatic heterocycles. The topological polar surface area (TPSA) is 256 Å². The Bertz CT molecular complexity index is 1150. The molecule has 0 aromatic heterocycles. The SMILES string of the molecule is CC(C)C(=O)COCCOCCNC(=O)COCCOCCNC(=O)CC[C@H](NC(=O)CCCCCCCCCCCCCCCCCCP(=O)(O)O)P(=O)(O)O. The molecule has 0 rings (SSSR count). The second kappa shape index (κ2) is 36.1. The number of hydrogen-bond donors (Lipinski definition) is 7. The largest absolute Gasteiger partial charge is 0.377 e. The van der Waals surface area contributed by atoms with E-state index >= 15 is 0 Å². The van der Waals surface area contributed by atoms with Crippen LogP contribution in [-0.2, 0) is 47.3 Å². The van der Waals surface area contributed by atoms with Gasteiger partial charge in [-0.25, -0.2) is 0 Å². The van der Waals surface area contributed by atoms with Gasteiger partial charge in [0.1, 0.15) is 19.0 Å². The van der Waals surface area contributed by atoms with Crippen LogP contribution >= 0.6 is 15.2 Å². The van der Waals surface area contributed by atoms with E-state index in [1.54, 1.807) is 0 Å². The number of nitrogens with one attached hydrogen (secondary N) is 3. The highest BCUT2D eigenvalue weighted by atomic mass is 31.2. The van der Waals surface area contributed by atoms with Crippen LogP contribution in [0.5, 0.6) is 0 Å². The average molecular weight is 860 g/mol. The molecule has 0 spiro atoms. The van der Waals surface area contributed by atoms with Gasteiger partial charge in [-0.2, -0.15) is 0 Å². The summed E-state index contributed by atoms with van der Waals surface area (Å²) in [6.45, 7) is 5.42. The van der Waals surface area contributed by atoms with Gasteiger partial charge in [-0.15, -0.1) is 0 Å². The number of ketones is 1. The third kappa shape index (κ3) is 39.4. The zero-order chi connectivity index (χ0) is 42.6. The Hall–Kier alpha value is -1.78. The fourth-order valence-corrected chi connectivity index (χ4v) is 6.95. The molecular weight excluding hydrogens is 784 g/mol. The molecule has 1 atom stereocenters. The molecule has 0 unspecified atom stereocenters. The normalized spacial score (nSPS) is 12.5. The quantitative estimate of drug-likeness (QED) is 0.0325. The van der Waals surface area contributed by atoms with Crippen molar-refractivity contribution in [2.24, 2.45) is 5.92 Å². The Morgan fingerprint density at radius 2 is 0.930 bits per heavy atom. The fraction of sp³-hybridized carbons (Fsp3) is 0.895. The first-order valence-corrected chi connectivity index (χ1v) is 24.4. The van der Waals surface area contributed by atoms with E-state index in [1.165, 1.54) is 44.9 Å². The van der Waals surface area contributed by atoms with Crippen molar-refractivity contribution in [3.63, 3.8) is 0 Å². The number of hydrogen-bond acceptors (Lipinski definition) is 10. The summed E-state index contributed by atoms with van der Waals surface area (Å²) in [7, 11) is -8.51. The minimum atomic E-state index is -4.66. The summed E-state index contributed by atoms with van der Waals surface area (Å²) in [6, 6.07) is 0. The van der Waals surface area contributed by atoms with E-state index in [9.17, 15) is 38.1 Å². The lowest BCUT2D eigenvalue weighted by Gasteiger charge is -2.19. The molecule has 0 fully saturated rings. The van der Waals surface area contributed by atoms with Gasteiger partial charge in [0.2, 0.25) is 17.7 Å². The lowest BCUT2D eigenvalue weighted by atomic mass is 10.0. The standard InChI is InChI=1S/C38H75N3O14P2/c1-33(2)34(42)31-54-28-26-53-25-23-40-37(45)32-55-29-27-52-24-22-39-35(43)20-21-38(57(49,50)51)41-36(44)19-17-15-13-11-9-7-5-3-4-6-8-10-12-14-16-18-30-56(46,47)48/h33,38H,3-32H2,1-2H3,(H,39,43)(H,40,45)(H,41,44)(H2,46,47,48)(H2,49,50,51)/t38-/m1/s1. The first kappa shape index (κ1) is 55.2. The van der Waals surface area contributed by atoms with Gasteiger partial charge in [-0.05, 0) is 19.3 Å². The van der Waals surface area contributed by atoms with Crippen molar-refractivity contribution in [3.8, 4) is 0 Å². The van der Waals surface area contributed by atoms with Gasteiger partial charge in [0, 0.05) is 38.0 Å². The number of Topliss-reactive ketones (excluding diaryl/α,β-unsaturated/α-hetero) is 1. The minimum absolute atomic E-state index is 0.00711. The van der Waals surface area contributed by atoms with Crippen LogP contribution in [0.2, 0.25) is 0 Å². The van der Waals surface area contributed by atoms with E-state index in [0.29, 0.717) is 39.2 Å². The van der Waals surface area contributed by atoms with Crippen molar-refractivity contribution in [1.82, 2.24) is 16.0 Å². The molecule has 3 amide bonds. The molecule has 0 radical (unpaired) electrons. The maximum absolute atomic E-state index is 12.4. The highest BCUT2D eigenvalue weighted by molar-refractivity contribution is 7.52. The second-order valence-corrected chi connectivity index (χ2v) is 18.2. The van der Waals surface area contributed by atoms with Crippen molar-refractivity contribution in [1.29, 1.82) is 0 Å². The molecule has 0 bridgehead atoms. The van der Waals surface area contributed by atoms with Crippen LogP contribution in [-0.4, -0.2) is 121 Å². The molecule has 0 aromatic carbocycles. The van der Waals surface area contributed by atoms with E-state index in [-0.39, 0.29) is 82.6 Å². The van der Waals surface area contributed by atoms with Crippen LogP contribution in [0.3, 0.4) is 0 Å². The van der Waals surface area contributed by atoms with E-state index < -0.39 is 32.8 Å². The van der Waals surface area contributed by atoms with Crippen LogP contribution in [0.25, 0.3) is 0 Å². The summed E-state index contributed by atoms with van der Waals surface area (Å²) < 4.78 is 44.0. The van der Waals surface area contributed by atoms with Crippen LogP contribution in [0.4, 0.5) is 0 Å². The summed E-state index contributed by atoms with van der Waals surface area (Å²) in [5.74, 6) is -2.66. The average Bonchev–Trinajstić information content (AvgIpc) is 3.13. The molecule has 7 N–H and O–H groups in total. The van der Waals surface area contributed by atoms with E-state index in [4.69, 9.17) is 28.7 Å². The number of amides is 3. The third-order valence-electron chi connectivity index (χ3n) is 8.98. The zero-order valence-corrected chi connectivity index (χ0v) is 36.4. The first-order chi connectivity index (χ1) is 27.1. The summed E-state index contributed by atoms with van der Waals surface area (Å²) >= 11 is 0. The van der Waals surface area contributed by atoms with Gasteiger partial charge in [0.15, 0.2) is 5.78 Å². The molecular formula is C38H75N3O14P2. The summed E-state index contributed by atoms with van der Waals surface area (Å²) in [6.07, 6.45) is 16.6. The molecule has 17 nitrogen and oxygen atoms in total. The number of carbonyl (C=O) groups is 4. The van der Waals surface area contributed by atoms with Crippen LogP contribution in [0.1, 0.15) is 136 Å². The number of unbranched alkanes of at least 4 members (excludes halogenated alkanes) is 15. The Balaban J connectivity index is 3.74. The maximum atomic E-state index is 12.4. The Kier molecular flexibility index (Phi) is 35.0. The van der Waals surface area contributed by atoms with Gasteiger partial charge in [-0.3, -0.25) is 28.3 Å². The zero-order valence-electron chi connectivity index (χ0n) is 34.6. The van der Waals surface area contributed by atoms with E-state index in [1.807, 2.05) is 13.8 Å². The molecule has 0 aromatic rings. The van der Waals surface area contributed by atoms with Crippen molar-refractivity contribution in [2.75, 3.05) is 72.1 Å².